The molecule has 1 aliphatic rings. The minimum absolute atomic E-state index is 0.341. The van der Waals surface area contributed by atoms with Crippen molar-refractivity contribution in [1.82, 2.24) is 4.90 Å². The largest absolute Gasteiger partial charge is 0.319 e. The summed E-state index contributed by atoms with van der Waals surface area (Å²) in [6, 6.07) is 0. The van der Waals surface area contributed by atoms with Gasteiger partial charge >= 0.3 is 12.3 Å². The summed E-state index contributed by atoms with van der Waals surface area (Å²) in [7, 11) is 0. The normalized spacial score (nSPS) is 25.8. The predicted molar refractivity (Wildman–Crippen MR) is 41.2 cm³/mol. The van der Waals surface area contributed by atoms with Crippen LogP contribution in [0.5, 0.6) is 0 Å². The quantitative estimate of drug-likeness (QED) is 0.630. The lowest BCUT2D eigenvalue weighted by atomic mass is 10.2. The zero-order valence-electron chi connectivity index (χ0n) is 7.44. The summed E-state index contributed by atoms with van der Waals surface area (Å²) in [5, 5.41) is 0. The lowest BCUT2D eigenvalue weighted by Crippen LogP contribution is -2.40. The fourth-order valence-electron chi connectivity index (χ4n) is 1.54. The molecule has 0 aliphatic carbocycles. The Hall–Kier alpha value is -0.320. The van der Waals surface area contributed by atoms with Gasteiger partial charge in [-0.1, -0.05) is 6.92 Å². The molecule has 0 aromatic rings. The van der Waals surface area contributed by atoms with E-state index >= 15 is 0 Å². The zero-order chi connectivity index (χ0) is 10.1. The molecule has 13 heavy (non-hydrogen) atoms. The van der Waals surface area contributed by atoms with Crippen molar-refractivity contribution >= 4 is 0 Å². The van der Waals surface area contributed by atoms with Crippen LogP contribution in [0.4, 0.5) is 17.6 Å². The number of alkyl halides is 4. The van der Waals surface area contributed by atoms with Crippen LogP contribution < -0.4 is 0 Å². The summed E-state index contributed by atoms with van der Waals surface area (Å²) in [4.78, 5) is 1.40. The van der Waals surface area contributed by atoms with Crippen molar-refractivity contribution < 1.29 is 17.6 Å². The molecule has 0 radical (unpaired) electrons. The van der Waals surface area contributed by atoms with E-state index in [2.05, 4.69) is 0 Å². The molecule has 1 aliphatic heterocycles. The Kier molecular flexibility index (Phi) is 3.16. The van der Waals surface area contributed by atoms with Gasteiger partial charge < -0.3 is 0 Å². The number of rotatable bonds is 3. The molecule has 0 aromatic carbocycles. The molecule has 1 unspecified atom stereocenters. The molecule has 1 saturated heterocycles. The summed E-state index contributed by atoms with van der Waals surface area (Å²) >= 11 is 0. The molecule has 1 atom stereocenters. The second-order valence-corrected chi connectivity index (χ2v) is 3.69. The van der Waals surface area contributed by atoms with Gasteiger partial charge in [0.15, 0.2) is 0 Å². The van der Waals surface area contributed by atoms with Crippen LogP contribution in [-0.2, 0) is 0 Å². The van der Waals surface area contributed by atoms with Crippen LogP contribution in [0.15, 0.2) is 0 Å². The van der Waals surface area contributed by atoms with Crippen LogP contribution in [0.3, 0.4) is 0 Å². The Bertz CT molecular complexity index is 172. The van der Waals surface area contributed by atoms with Gasteiger partial charge in [-0.15, -0.1) is 0 Å². The first-order valence-corrected chi connectivity index (χ1v) is 4.30. The van der Waals surface area contributed by atoms with Crippen molar-refractivity contribution in [2.24, 2.45) is 5.92 Å². The highest BCUT2D eigenvalue weighted by Crippen LogP contribution is 2.26. The highest BCUT2D eigenvalue weighted by atomic mass is 19.3. The van der Waals surface area contributed by atoms with Gasteiger partial charge in [0.2, 0.25) is 0 Å². The topological polar surface area (TPSA) is 3.24 Å². The van der Waals surface area contributed by atoms with E-state index in [-0.39, 0.29) is 0 Å². The maximum atomic E-state index is 12.5. The Morgan fingerprint density at radius 3 is 2.46 bits per heavy atom. The van der Waals surface area contributed by atoms with Crippen LogP contribution in [0.1, 0.15) is 13.3 Å². The Labute approximate surface area is 74.7 Å². The fourth-order valence-corrected chi connectivity index (χ4v) is 1.54. The molecule has 0 saturated carbocycles. The first-order chi connectivity index (χ1) is 5.92. The van der Waals surface area contributed by atoms with Gasteiger partial charge in [-0.05, 0) is 18.9 Å². The van der Waals surface area contributed by atoms with E-state index in [0.717, 1.165) is 6.42 Å². The minimum Gasteiger partial charge on any atom is -0.297 e. The second kappa shape index (κ2) is 3.82. The molecule has 1 rings (SSSR count). The Balaban J connectivity index is 2.40. The zero-order valence-corrected chi connectivity index (χ0v) is 7.44. The Morgan fingerprint density at radius 2 is 2.08 bits per heavy atom. The van der Waals surface area contributed by atoms with E-state index < -0.39 is 18.9 Å². The second-order valence-electron chi connectivity index (χ2n) is 3.69. The highest BCUT2D eigenvalue weighted by molar-refractivity contribution is 4.80. The molecule has 0 aromatic heterocycles. The molecule has 0 spiro atoms. The SMILES string of the molecule is CC1CCN(CC(F)(F)C(F)F)C1. The van der Waals surface area contributed by atoms with E-state index in [1.165, 1.54) is 4.90 Å². The van der Waals surface area contributed by atoms with E-state index in [9.17, 15) is 17.6 Å². The van der Waals surface area contributed by atoms with Gasteiger partial charge in [0.05, 0.1) is 6.54 Å². The standard InChI is InChI=1S/C8H13F4N/c1-6-2-3-13(4-6)5-8(11,12)7(9)10/h6-7H,2-5H2,1H3. The maximum Gasteiger partial charge on any atom is 0.319 e. The van der Waals surface area contributed by atoms with Crippen molar-refractivity contribution in [3.8, 4) is 0 Å². The minimum atomic E-state index is -3.86. The van der Waals surface area contributed by atoms with Crippen molar-refractivity contribution in [3.05, 3.63) is 0 Å². The van der Waals surface area contributed by atoms with Gasteiger partial charge in [-0.3, -0.25) is 4.90 Å². The molecule has 0 amide bonds. The van der Waals surface area contributed by atoms with Crippen LogP contribution >= 0.6 is 0 Å². The number of nitrogens with zero attached hydrogens (tertiary/aromatic N) is 1. The first kappa shape index (κ1) is 10.8. The summed E-state index contributed by atoms with van der Waals surface area (Å²) in [5.41, 5.74) is 0. The van der Waals surface area contributed by atoms with Crippen molar-refractivity contribution in [3.63, 3.8) is 0 Å². The lowest BCUT2D eigenvalue weighted by Gasteiger charge is -2.22. The molecule has 5 heteroatoms. The van der Waals surface area contributed by atoms with E-state index in [0.29, 0.717) is 19.0 Å². The van der Waals surface area contributed by atoms with E-state index in [1.807, 2.05) is 6.92 Å². The molecular formula is C8H13F4N. The third kappa shape index (κ3) is 2.83. The van der Waals surface area contributed by atoms with E-state index in [4.69, 9.17) is 0 Å². The Morgan fingerprint density at radius 1 is 1.46 bits per heavy atom. The van der Waals surface area contributed by atoms with Crippen molar-refractivity contribution in [2.75, 3.05) is 19.6 Å². The van der Waals surface area contributed by atoms with Gasteiger partial charge in [-0.25, -0.2) is 8.78 Å². The first-order valence-electron chi connectivity index (χ1n) is 4.30. The van der Waals surface area contributed by atoms with Crippen LogP contribution in [0.2, 0.25) is 0 Å². The third-order valence-electron chi connectivity index (χ3n) is 2.26. The smallest absolute Gasteiger partial charge is 0.297 e. The number of hydrogen-bond donors (Lipinski definition) is 0. The van der Waals surface area contributed by atoms with E-state index in [1.54, 1.807) is 0 Å². The number of likely N-dealkylation sites (tertiary alicyclic amines) is 1. The molecule has 78 valence electrons. The molecular weight excluding hydrogens is 186 g/mol. The van der Waals surface area contributed by atoms with Crippen LogP contribution in [0.25, 0.3) is 0 Å². The fraction of sp³-hybridized carbons (Fsp3) is 1.00. The monoisotopic (exact) mass is 199 g/mol. The van der Waals surface area contributed by atoms with Crippen LogP contribution in [0, 0.1) is 5.92 Å². The predicted octanol–water partition coefficient (Wildman–Crippen LogP) is 2.23. The number of hydrogen-bond acceptors (Lipinski definition) is 1. The average Bonchev–Trinajstić information content (AvgIpc) is 2.34. The molecule has 1 heterocycles. The number of halogens is 4. The maximum absolute atomic E-state index is 12.5. The van der Waals surface area contributed by atoms with Gasteiger partial charge in [-0.2, -0.15) is 8.78 Å². The summed E-state index contributed by atoms with van der Waals surface area (Å²) in [6.45, 7) is 2.13. The molecule has 1 nitrogen and oxygen atoms in total. The van der Waals surface area contributed by atoms with Crippen molar-refractivity contribution in [2.45, 2.75) is 25.7 Å². The van der Waals surface area contributed by atoms with Crippen LogP contribution in [-0.4, -0.2) is 36.9 Å². The van der Waals surface area contributed by atoms with Gasteiger partial charge in [0, 0.05) is 6.54 Å². The summed E-state index contributed by atoms with van der Waals surface area (Å²) in [6.07, 6.45) is -2.73. The lowest BCUT2D eigenvalue weighted by molar-refractivity contribution is -0.140. The van der Waals surface area contributed by atoms with Gasteiger partial charge in [0.25, 0.3) is 0 Å². The molecule has 0 N–H and O–H groups in total. The summed E-state index contributed by atoms with van der Waals surface area (Å²) in [5.74, 6) is -3.52. The van der Waals surface area contributed by atoms with Crippen molar-refractivity contribution in [1.29, 1.82) is 0 Å². The third-order valence-corrected chi connectivity index (χ3v) is 2.26. The molecule has 0 bridgehead atoms. The molecule has 1 fully saturated rings. The van der Waals surface area contributed by atoms with Gasteiger partial charge in [0.1, 0.15) is 0 Å². The summed E-state index contributed by atoms with van der Waals surface area (Å²) < 4.78 is 48.6. The highest BCUT2D eigenvalue weighted by Gasteiger charge is 2.43. The average molecular weight is 199 g/mol.